The Labute approximate surface area is 80.8 Å². The van der Waals surface area contributed by atoms with E-state index in [4.69, 9.17) is 0 Å². The Kier molecular flexibility index (Phi) is 3.03. The molecule has 4 heteroatoms. The van der Waals surface area contributed by atoms with Gasteiger partial charge in [-0.25, -0.2) is 4.98 Å². The first kappa shape index (κ1) is 8.53. The van der Waals surface area contributed by atoms with E-state index in [0.29, 0.717) is 0 Å². The summed E-state index contributed by atoms with van der Waals surface area (Å²) in [4.78, 5) is 4.26. The molecular weight excluding hydrogens is 188 g/mol. The van der Waals surface area contributed by atoms with Crippen LogP contribution in [0, 0.1) is 0 Å². The van der Waals surface area contributed by atoms with E-state index in [1.807, 2.05) is 23.3 Å². The normalized spacial score (nSPS) is 24.2. The molecule has 2 nitrogen and oxygen atoms in total. The van der Waals surface area contributed by atoms with Crippen molar-refractivity contribution in [1.82, 2.24) is 10.3 Å². The molecule has 0 amide bonds. The Hall–Kier alpha value is -0.0600. The molecule has 0 bridgehead atoms. The first-order valence-corrected chi connectivity index (χ1v) is 5.98. The van der Waals surface area contributed by atoms with E-state index in [1.54, 1.807) is 11.3 Å². The molecule has 0 unspecified atom stereocenters. The number of thiazole rings is 1. The van der Waals surface area contributed by atoms with Gasteiger partial charge in [-0.15, -0.1) is 11.3 Å². The van der Waals surface area contributed by atoms with E-state index in [0.717, 1.165) is 11.8 Å². The minimum atomic E-state index is 0.741. The number of hydrogen-bond donors (Lipinski definition) is 1. The third-order valence-electron chi connectivity index (χ3n) is 1.93. The van der Waals surface area contributed by atoms with Gasteiger partial charge in [0, 0.05) is 23.4 Å². The number of rotatable bonds is 2. The molecule has 1 fully saturated rings. The van der Waals surface area contributed by atoms with Crippen LogP contribution in [-0.2, 0) is 0 Å². The average Bonchev–Trinajstić information content (AvgIpc) is 2.59. The summed E-state index contributed by atoms with van der Waals surface area (Å²) in [5.74, 6) is 0. The highest BCUT2D eigenvalue weighted by molar-refractivity contribution is 8.01. The van der Waals surface area contributed by atoms with E-state index in [1.165, 1.54) is 23.7 Å². The van der Waals surface area contributed by atoms with Gasteiger partial charge in [0.15, 0.2) is 0 Å². The fraction of sp³-hybridized carbons (Fsp3) is 0.625. The van der Waals surface area contributed by atoms with Crippen molar-refractivity contribution in [3.8, 4) is 0 Å². The fourth-order valence-electron chi connectivity index (χ4n) is 1.33. The number of aromatic nitrogens is 1. The van der Waals surface area contributed by atoms with Gasteiger partial charge in [-0.1, -0.05) is 11.8 Å². The SMILES string of the molecule is c1csc(S[C@@H]2CCCNC2)n1. The van der Waals surface area contributed by atoms with Gasteiger partial charge in [-0.3, -0.25) is 0 Å². The van der Waals surface area contributed by atoms with E-state index < -0.39 is 0 Å². The maximum Gasteiger partial charge on any atom is 0.150 e. The van der Waals surface area contributed by atoms with Crippen molar-refractivity contribution in [3.05, 3.63) is 11.6 Å². The highest BCUT2D eigenvalue weighted by Crippen LogP contribution is 2.28. The number of thioether (sulfide) groups is 1. The quantitative estimate of drug-likeness (QED) is 0.790. The molecule has 0 saturated carbocycles. The predicted octanol–water partition coefficient (Wildman–Crippen LogP) is 1.99. The molecule has 1 saturated heterocycles. The Bertz CT molecular complexity index is 217. The van der Waals surface area contributed by atoms with Crippen LogP contribution in [0.3, 0.4) is 0 Å². The van der Waals surface area contributed by atoms with Crippen LogP contribution in [0.4, 0.5) is 0 Å². The number of hydrogen-bond acceptors (Lipinski definition) is 4. The van der Waals surface area contributed by atoms with Crippen LogP contribution in [-0.4, -0.2) is 23.3 Å². The smallest absolute Gasteiger partial charge is 0.150 e. The molecule has 1 aromatic heterocycles. The zero-order valence-corrected chi connectivity index (χ0v) is 8.46. The Morgan fingerprint density at radius 3 is 3.33 bits per heavy atom. The van der Waals surface area contributed by atoms with Crippen LogP contribution in [0.1, 0.15) is 12.8 Å². The molecule has 0 spiro atoms. The lowest BCUT2D eigenvalue weighted by Crippen LogP contribution is -2.31. The lowest BCUT2D eigenvalue weighted by molar-refractivity contribution is 0.531. The molecule has 1 aliphatic rings. The van der Waals surface area contributed by atoms with Crippen LogP contribution in [0.5, 0.6) is 0 Å². The van der Waals surface area contributed by atoms with Gasteiger partial charge in [0.2, 0.25) is 0 Å². The summed E-state index contributed by atoms with van der Waals surface area (Å²) in [6, 6.07) is 0. The molecule has 1 N–H and O–H groups in total. The lowest BCUT2D eigenvalue weighted by atomic mass is 10.2. The van der Waals surface area contributed by atoms with Crippen molar-refractivity contribution in [3.63, 3.8) is 0 Å². The van der Waals surface area contributed by atoms with Gasteiger partial charge in [-0.05, 0) is 19.4 Å². The van der Waals surface area contributed by atoms with Crippen molar-refractivity contribution >= 4 is 23.1 Å². The van der Waals surface area contributed by atoms with Gasteiger partial charge < -0.3 is 5.32 Å². The second-order valence-corrected chi connectivity index (χ2v) is 5.33. The van der Waals surface area contributed by atoms with Crippen LogP contribution in [0.15, 0.2) is 15.9 Å². The molecule has 1 atom stereocenters. The van der Waals surface area contributed by atoms with E-state index in [9.17, 15) is 0 Å². The van der Waals surface area contributed by atoms with E-state index in [2.05, 4.69) is 10.3 Å². The maximum absolute atomic E-state index is 4.26. The Balaban J connectivity index is 1.86. The zero-order chi connectivity index (χ0) is 8.23. The molecule has 1 aliphatic heterocycles. The topological polar surface area (TPSA) is 24.9 Å². The molecule has 66 valence electrons. The van der Waals surface area contributed by atoms with Gasteiger partial charge in [0.1, 0.15) is 4.34 Å². The van der Waals surface area contributed by atoms with Gasteiger partial charge in [-0.2, -0.15) is 0 Å². The van der Waals surface area contributed by atoms with Crippen LogP contribution < -0.4 is 5.32 Å². The fourth-order valence-corrected chi connectivity index (χ4v) is 3.38. The van der Waals surface area contributed by atoms with Gasteiger partial charge >= 0.3 is 0 Å². The predicted molar refractivity (Wildman–Crippen MR) is 53.9 cm³/mol. The van der Waals surface area contributed by atoms with E-state index >= 15 is 0 Å². The molecule has 12 heavy (non-hydrogen) atoms. The van der Waals surface area contributed by atoms with Crippen LogP contribution in [0.25, 0.3) is 0 Å². The van der Waals surface area contributed by atoms with E-state index in [-0.39, 0.29) is 0 Å². The molecule has 2 heterocycles. The summed E-state index contributed by atoms with van der Waals surface area (Å²) >= 11 is 3.66. The average molecular weight is 200 g/mol. The molecular formula is C8H12N2S2. The van der Waals surface area contributed by atoms with Crippen molar-refractivity contribution in [1.29, 1.82) is 0 Å². The van der Waals surface area contributed by atoms with Crippen molar-refractivity contribution in [2.24, 2.45) is 0 Å². The Morgan fingerprint density at radius 1 is 1.67 bits per heavy atom. The Morgan fingerprint density at radius 2 is 2.67 bits per heavy atom. The summed E-state index contributed by atoms with van der Waals surface area (Å²) in [5.41, 5.74) is 0. The van der Waals surface area contributed by atoms with Crippen molar-refractivity contribution in [2.75, 3.05) is 13.1 Å². The molecule has 2 rings (SSSR count). The largest absolute Gasteiger partial charge is 0.316 e. The van der Waals surface area contributed by atoms with Gasteiger partial charge in [0.05, 0.1) is 0 Å². The molecule has 0 aromatic carbocycles. The number of nitrogens with one attached hydrogen (secondary N) is 1. The third kappa shape index (κ3) is 2.21. The highest BCUT2D eigenvalue weighted by Gasteiger charge is 2.14. The number of piperidine rings is 1. The number of nitrogens with zero attached hydrogens (tertiary/aromatic N) is 1. The van der Waals surface area contributed by atoms with Crippen LogP contribution in [0.2, 0.25) is 0 Å². The van der Waals surface area contributed by atoms with Crippen LogP contribution >= 0.6 is 23.1 Å². The standard InChI is InChI=1S/C8H12N2S2/c1-2-7(6-9-3-1)12-8-10-4-5-11-8/h4-5,7,9H,1-3,6H2/t7-/m1/s1. The zero-order valence-electron chi connectivity index (χ0n) is 6.82. The third-order valence-corrected chi connectivity index (χ3v) is 4.11. The second-order valence-electron chi connectivity index (χ2n) is 2.88. The highest BCUT2D eigenvalue weighted by atomic mass is 32.2. The second kappa shape index (κ2) is 4.25. The first-order valence-electron chi connectivity index (χ1n) is 4.22. The monoisotopic (exact) mass is 200 g/mol. The van der Waals surface area contributed by atoms with Crippen molar-refractivity contribution in [2.45, 2.75) is 22.4 Å². The first-order chi connectivity index (χ1) is 5.95. The minimum Gasteiger partial charge on any atom is -0.316 e. The summed E-state index contributed by atoms with van der Waals surface area (Å²) < 4.78 is 1.21. The summed E-state index contributed by atoms with van der Waals surface area (Å²) in [6.07, 6.45) is 4.52. The molecule has 0 radical (unpaired) electrons. The van der Waals surface area contributed by atoms with Gasteiger partial charge in [0.25, 0.3) is 0 Å². The summed E-state index contributed by atoms with van der Waals surface area (Å²) in [7, 11) is 0. The summed E-state index contributed by atoms with van der Waals surface area (Å²) in [5, 5.41) is 6.18. The minimum absolute atomic E-state index is 0.741. The molecule has 1 aromatic rings. The molecule has 0 aliphatic carbocycles. The lowest BCUT2D eigenvalue weighted by Gasteiger charge is -2.20. The van der Waals surface area contributed by atoms with Crippen molar-refractivity contribution < 1.29 is 0 Å². The summed E-state index contributed by atoms with van der Waals surface area (Å²) in [6.45, 7) is 2.33. The maximum atomic E-state index is 4.26.